The summed E-state index contributed by atoms with van der Waals surface area (Å²) in [6.07, 6.45) is 0. The highest BCUT2D eigenvalue weighted by atomic mass is 35.5. The van der Waals surface area contributed by atoms with Gasteiger partial charge in [0.05, 0.1) is 10.0 Å². The molecule has 1 aromatic heterocycles. The number of hydrogen-bond donors (Lipinski definition) is 0. The van der Waals surface area contributed by atoms with Gasteiger partial charge < -0.3 is 4.42 Å². The molecule has 1 heterocycles. The normalized spacial score (nSPS) is 11.3. The van der Waals surface area contributed by atoms with Crippen molar-refractivity contribution in [2.45, 2.75) is 10.6 Å². The Balaban J connectivity index is 1.86. The van der Waals surface area contributed by atoms with Gasteiger partial charge in [0, 0.05) is 22.1 Å². The van der Waals surface area contributed by atoms with E-state index >= 15 is 0 Å². The molecule has 124 valence electrons. The van der Waals surface area contributed by atoms with Gasteiger partial charge in [-0.1, -0.05) is 59.6 Å². The van der Waals surface area contributed by atoms with Crippen LogP contribution < -0.4 is 5.63 Å². The zero-order valence-corrected chi connectivity index (χ0v) is 15.3. The smallest absolute Gasteiger partial charge is 0.336 e. The Morgan fingerprint density at radius 1 is 0.920 bits per heavy atom. The van der Waals surface area contributed by atoms with Crippen LogP contribution in [-0.2, 0) is 5.75 Å². The van der Waals surface area contributed by atoms with Gasteiger partial charge in [-0.25, -0.2) is 4.79 Å². The van der Waals surface area contributed by atoms with Gasteiger partial charge in [0.1, 0.15) is 5.58 Å². The number of thioether (sulfide) groups is 1. The lowest BCUT2D eigenvalue weighted by atomic mass is 10.0. The van der Waals surface area contributed by atoms with E-state index < -0.39 is 0 Å². The molecule has 0 saturated carbocycles. The Morgan fingerprint density at radius 3 is 2.48 bits per heavy atom. The lowest BCUT2D eigenvalue weighted by Gasteiger charge is -2.10. The second kappa shape index (κ2) is 6.75. The van der Waals surface area contributed by atoms with Gasteiger partial charge in [0.25, 0.3) is 0 Å². The molecular weight excluding hydrogens is 375 g/mol. The molecule has 3 aromatic carbocycles. The molecule has 25 heavy (non-hydrogen) atoms. The topological polar surface area (TPSA) is 30.2 Å². The first-order valence-electron chi connectivity index (χ1n) is 7.65. The van der Waals surface area contributed by atoms with E-state index in [-0.39, 0.29) is 5.63 Å². The summed E-state index contributed by atoms with van der Waals surface area (Å²) < 4.78 is 5.39. The van der Waals surface area contributed by atoms with E-state index in [9.17, 15) is 4.79 Å². The summed E-state index contributed by atoms with van der Waals surface area (Å²) in [5, 5.41) is 4.33. The molecule has 0 N–H and O–H groups in total. The Hall–Kier alpha value is -1.94. The van der Waals surface area contributed by atoms with E-state index in [1.165, 1.54) is 11.8 Å². The molecule has 4 aromatic rings. The van der Waals surface area contributed by atoms with Crippen molar-refractivity contribution >= 4 is 56.7 Å². The number of benzene rings is 3. The molecule has 0 radical (unpaired) electrons. The van der Waals surface area contributed by atoms with Gasteiger partial charge >= 0.3 is 5.63 Å². The van der Waals surface area contributed by atoms with Gasteiger partial charge in [0.15, 0.2) is 0 Å². The molecule has 0 spiro atoms. The van der Waals surface area contributed by atoms with Gasteiger partial charge in [-0.3, -0.25) is 0 Å². The first-order valence-corrected chi connectivity index (χ1v) is 9.39. The van der Waals surface area contributed by atoms with Crippen LogP contribution in [0.3, 0.4) is 0 Å². The summed E-state index contributed by atoms with van der Waals surface area (Å²) in [7, 11) is 0. The highest BCUT2D eigenvalue weighted by molar-refractivity contribution is 7.98. The quantitative estimate of drug-likeness (QED) is 0.227. The van der Waals surface area contributed by atoms with Crippen molar-refractivity contribution in [2.24, 2.45) is 0 Å². The van der Waals surface area contributed by atoms with E-state index in [2.05, 4.69) is 0 Å². The molecule has 0 atom stereocenters. The number of fused-ring (bicyclic) bond motifs is 3. The van der Waals surface area contributed by atoms with Gasteiger partial charge in [-0.05, 0) is 34.5 Å². The van der Waals surface area contributed by atoms with Crippen molar-refractivity contribution in [3.8, 4) is 0 Å². The summed E-state index contributed by atoms with van der Waals surface area (Å²) in [6.45, 7) is 0. The molecule has 0 bridgehead atoms. The SMILES string of the molecule is O=c1cc(CSc2c(Cl)cccc2Cl)c2c(ccc3ccccc32)o1. The molecule has 0 aliphatic heterocycles. The Bertz CT molecular complexity index is 1130. The third-order valence-corrected chi connectivity index (χ3v) is 6.04. The first-order chi connectivity index (χ1) is 12.1. The Labute approximate surface area is 158 Å². The lowest BCUT2D eigenvalue weighted by molar-refractivity contribution is 0.560. The maximum absolute atomic E-state index is 12.0. The van der Waals surface area contributed by atoms with Crippen molar-refractivity contribution in [1.82, 2.24) is 0 Å². The van der Waals surface area contributed by atoms with Crippen molar-refractivity contribution in [2.75, 3.05) is 0 Å². The van der Waals surface area contributed by atoms with Crippen molar-refractivity contribution in [3.05, 3.63) is 86.7 Å². The summed E-state index contributed by atoms with van der Waals surface area (Å²) in [6, 6.07) is 18.8. The lowest BCUT2D eigenvalue weighted by Crippen LogP contribution is -2.00. The minimum absolute atomic E-state index is 0.358. The minimum atomic E-state index is -0.358. The first kappa shape index (κ1) is 16.5. The molecule has 0 aliphatic rings. The largest absolute Gasteiger partial charge is 0.423 e. The van der Waals surface area contributed by atoms with Crippen molar-refractivity contribution < 1.29 is 4.42 Å². The second-order valence-corrected chi connectivity index (χ2v) is 7.39. The highest BCUT2D eigenvalue weighted by Crippen LogP contribution is 2.37. The maximum atomic E-state index is 12.0. The monoisotopic (exact) mass is 386 g/mol. The number of rotatable bonds is 3. The molecule has 2 nitrogen and oxygen atoms in total. The predicted octanol–water partition coefficient (Wildman–Crippen LogP) is 6.55. The molecule has 0 saturated heterocycles. The summed E-state index contributed by atoms with van der Waals surface area (Å²) in [4.78, 5) is 12.8. The average Bonchev–Trinajstić information content (AvgIpc) is 2.60. The molecule has 0 fully saturated rings. The summed E-state index contributed by atoms with van der Waals surface area (Å²) in [5.74, 6) is 0.569. The minimum Gasteiger partial charge on any atom is -0.423 e. The van der Waals surface area contributed by atoms with Crippen molar-refractivity contribution in [1.29, 1.82) is 0 Å². The Morgan fingerprint density at radius 2 is 1.68 bits per heavy atom. The molecule has 0 unspecified atom stereocenters. The zero-order chi connectivity index (χ0) is 17.4. The van der Waals surface area contributed by atoms with Crippen LogP contribution in [0.4, 0.5) is 0 Å². The van der Waals surface area contributed by atoms with Crippen LogP contribution in [0.1, 0.15) is 5.56 Å². The van der Waals surface area contributed by atoms with Crippen LogP contribution in [0.25, 0.3) is 21.7 Å². The fourth-order valence-corrected chi connectivity index (χ4v) is 4.57. The standard InChI is InChI=1S/C20H12Cl2O2S/c21-15-6-3-7-16(22)20(15)25-11-13-10-18(23)24-17-9-8-12-4-1-2-5-14(12)19(13)17/h1-10H,11H2. The fourth-order valence-electron chi connectivity index (χ4n) is 2.90. The summed E-state index contributed by atoms with van der Waals surface area (Å²) in [5.41, 5.74) is 1.14. The molecule has 0 amide bonds. The maximum Gasteiger partial charge on any atom is 0.336 e. The van der Waals surface area contributed by atoms with E-state index in [0.717, 1.165) is 26.6 Å². The predicted molar refractivity (Wildman–Crippen MR) is 106 cm³/mol. The highest BCUT2D eigenvalue weighted by Gasteiger charge is 2.12. The Kier molecular flexibility index (Phi) is 4.46. The number of halogens is 2. The fraction of sp³-hybridized carbons (Fsp3) is 0.0500. The molecular formula is C20H12Cl2O2S. The van der Waals surface area contributed by atoms with Gasteiger partial charge in [-0.2, -0.15) is 0 Å². The van der Waals surface area contributed by atoms with Crippen LogP contribution in [0, 0.1) is 0 Å². The molecule has 0 aliphatic carbocycles. The van der Waals surface area contributed by atoms with Crippen LogP contribution in [0.5, 0.6) is 0 Å². The van der Waals surface area contributed by atoms with Crippen LogP contribution >= 0.6 is 35.0 Å². The van der Waals surface area contributed by atoms with Crippen LogP contribution in [0.15, 0.2) is 74.8 Å². The summed E-state index contributed by atoms with van der Waals surface area (Å²) >= 11 is 14.0. The third-order valence-electron chi connectivity index (χ3n) is 4.01. The van der Waals surface area contributed by atoms with Crippen molar-refractivity contribution in [3.63, 3.8) is 0 Å². The second-order valence-electron chi connectivity index (χ2n) is 5.59. The average molecular weight is 387 g/mol. The van der Waals surface area contributed by atoms with Crippen LogP contribution in [0.2, 0.25) is 10.0 Å². The van der Waals surface area contributed by atoms with Gasteiger partial charge in [-0.15, -0.1) is 11.8 Å². The number of hydrogen-bond acceptors (Lipinski definition) is 3. The zero-order valence-electron chi connectivity index (χ0n) is 13.0. The van der Waals surface area contributed by atoms with Gasteiger partial charge in [0.2, 0.25) is 0 Å². The van der Waals surface area contributed by atoms with E-state index in [0.29, 0.717) is 21.4 Å². The molecule has 4 rings (SSSR count). The van der Waals surface area contributed by atoms with E-state index in [1.807, 2.05) is 54.6 Å². The molecule has 5 heteroatoms. The third kappa shape index (κ3) is 3.15. The van der Waals surface area contributed by atoms with Crippen LogP contribution in [-0.4, -0.2) is 0 Å². The van der Waals surface area contributed by atoms with E-state index in [4.69, 9.17) is 27.6 Å². The van der Waals surface area contributed by atoms with E-state index in [1.54, 1.807) is 6.07 Å².